The maximum atomic E-state index is 3.56. The van der Waals surface area contributed by atoms with Crippen molar-refractivity contribution in [2.45, 2.75) is 6.42 Å². The first-order chi connectivity index (χ1) is 9.42. The van der Waals surface area contributed by atoms with Crippen molar-refractivity contribution in [2.75, 3.05) is 0 Å². The number of benzene rings is 3. The van der Waals surface area contributed by atoms with E-state index in [1.54, 1.807) is 0 Å². The molecule has 4 rings (SSSR count). The Kier molecular flexibility index (Phi) is 3.87. The predicted molar refractivity (Wildman–Crippen MR) is 77.8 cm³/mol. The molecule has 0 aromatic heterocycles. The van der Waals surface area contributed by atoms with Gasteiger partial charge in [-0.05, 0) is 12.0 Å². The second kappa shape index (κ2) is 5.64. The summed E-state index contributed by atoms with van der Waals surface area (Å²) in [6.45, 7) is 0. The molecule has 0 bridgehead atoms. The molecule has 3 aromatic carbocycles. The van der Waals surface area contributed by atoms with Crippen LogP contribution >= 0.6 is 0 Å². The van der Waals surface area contributed by atoms with Crippen LogP contribution in [0.3, 0.4) is 0 Å². The van der Waals surface area contributed by atoms with E-state index in [0.717, 1.165) is 17.5 Å². The van der Waals surface area contributed by atoms with Gasteiger partial charge < -0.3 is 0 Å². The molecule has 3 aromatic rings. The first-order valence-electron chi connectivity index (χ1n) is 6.52. The molecular weight excluding hydrogens is 317 g/mol. The Morgan fingerprint density at radius 3 is 2.45 bits per heavy atom. The van der Waals surface area contributed by atoms with E-state index in [1.165, 1.54) is 22.3 Å². The SMILES string of the molecule is [Y].[c-]1ccccc1-c1[c-]c2c(cc1)-c1ccccc1C2. The molecule has 20 heavy (non-hydrogen) atoms. The first kappa shape index (κ1) is 13.7. The Morgan fingerprint density at radius 1 is 0.750 bits per heavy atom. The quantitative estimate of drug-likeness (QED) is 0.450. The van der Waals surface area contributed by atoms with Gasteiger partial charge in [0.2, 0.25) is 0 Å². The summed E-state index contributed by atoms with van der Waals surface area (Å²) >= 11 is 0. The number of fused-ring (bicyclic) bond motifs is 3. The van der Waals surface area contributed by atoms with Crippen molar-refractivity contribution < 1.29 is 32.7 Å². The smallest absolute Gasteiger partial charge is 0 e. The van der Waals surface area contributed by atoms with E-state index in [4.69, 9.17) is 0 Å². The molecule has 0 nitrogen and oxygen atoms in total. The van der Waals surface area contributed by atoms with Crippen molar-refractivity contribution in [3.8, 4) is 22.3 Å². The van der Waals surface area contributed by atoms with Crippen LogP contribution in [0.1, 0.15) is 11.1 Å². The minimum Gasteiger partial charge on any atom is -0.226 e. The fraction of sp³-hybridized carbons (Fsp3) is 0.0526. The molecule has 0 saturated heterocycles. The average Bonchev–Trinajstić information content (AvgIpc) is 2.86. The zero-order valence-electron chi connectivity index (χ0n) is 11.1. The molecular formula is C19H12Y-2. The third-order valence-corrected chi connectivity index (χ3v) is 3.70. The van der Waals surface area contributed by atoms with Gasteiger partial charge in [-0.2, -0.15) is 36.4 Å². The van der Waals surface area contributed by atoms with Gasteiger partial charge in [-0.1, -0.05) is 35.4 Å². The molecule has 0 atom stereocenters. The predicted octanol–water partition coefficient (Wildman–Crippen LogP) is 4.52. The van der Waals surface area contributed by atoms with Gasteiger partial charge in [-0.25, -0.2) is 11.1 Å². The van der Waals surface area contributed by atoms with Crippen LogP contribution in [-0.4, -0.2) is 0 Å². The van der Waals surface area contributed by atoms with Gasteiger partial charge in [0.05, 0.1) is 0 Å². The molecule has 0 aliphatic heterocycles. The zero-order valence-corrected chi connectivity index (χ0v) is 13.9. The van der Waals surface area contributed by atoms with E-state index < -0.39 is 0 Å². The van der Waals surface area contributed by atoms with Crippen LogP contribution in [0.4, 0.5) is 0 Å². The van der Waals surface area contributed by atoms with Gasteiger partial charge in [0.1, 0.15) is 0 Å². The van der Waals surface area contributed by atoms with Crippen molar-refractivity contribution in [3.05, 3.63) is 83.9 Å². The average molecular weight is 329 g/mol. The van der Waals surface area contributed by atoms with Gasteiger partial charge in [-0.15, -0.1) is 17.7 Å². The van der Waals surface area contributed by atoms with Crippen molar-refractivity contribution in [1.82, 2.24) is 0 Å². The molecule has 0 unspecified atom stereocenters. The summed E-state index contributed by atoms with van der Waals surface area (Å²) < 4.78 is 0. The molecule has 1 aliphatic rings. The fourth-order valence-electron chi connectivity index (χ4n) is 2.78. The molecule has 1 radical (unpaired) electrons. The van der Waals surface area contributed by atoms with Gasteiger partial charge >= 0.3 is 0 Å². The van der Waals surface area contributed by atoms with Crippen LogP contribution in [0.2, 0.25) is 0 Å². The monoisotopic (exact) mass is 329 g/mol. The molecule has 0 heterocycles. The van der Waals surface area contributed by atoms with E-state index >= 15 is 0 Å². The van der Waals surface area contributed by atoms with Gasteiger partial charge in [0, 0.05) is 32.7 Å². The maximum absolute atomic E-state index is 3.56. The molecule has 1 aliphatic carbocycles. The summed E-state index contributed by atoms with van der Waals surface area (Å²) in [7, 11) is 0. The van der Waals surface area contributed by atoms with E-state index in [2.05, 4.69) is 54.6 Å². The summed E-state index contributed by atoms with van der Waals surface area (Å²) in [4.78, 5) is 0. The molecule has 0 fully saturated rings. The van der Waals surface area contributed by atoms with E-state index in [9.17, 15) is 0 Å². The Morgan fingerprint density at radius 2 is 1.60 bits per heavy atom. The van der Waals surface area contributed by atoms with E-state index in [1.807, 2.05) is 18.2 Å². The minimum absolute atomic E-state index is 0. The van der Waals surface area contributed by atoms with Crippen molar-refractivity contribution in [1.29, 1.82) is 0 Å². The Bertz CT molecular complexity index is 745. The maximum Gasteiger partial charge on any atom is 0 e. The molecule has 1 heteroatoms. The molecule has 0 amide bonds. The van der Waals surface area contributed by atoms with Crippen LogP contribution in [0.15, 0.2) is 60.7 Å². The summed E-state index contributed by atoms with van der Waals surface area (Å²) in [5, 5.41) is 0. The van der Waals surface area contributed by atoms with E-state index in [-0.39, 0.29) is 32.7 Å². The first-order valence-corrected chi connectivity index (χ1v) is 6.52. The van der Waals surface area contributed by atoms with Gasteiger partial charge in [0.25, 0.3) is 0 Å². The van der Waals surface area contributed by atoms with Crippen molar-refractivity contribution >= 4 is 0 Å². The number of rotatable bonds is 1. The normalized spacial score (nSPS) is 11.4. The van der Waals surface area contributed by atoms with Gasteiger partial charge in [-0.3, -0.25) is 0 Å². The Hall–Kier alpha value is -1.24. The second-order valence-corrected chi connectivity index (χ2v) is 4.87. The largest absolute Gasteiger partial charge is 0.226 e. The zero-order chi connectivity index (χ0) is 12.7. The standard InChI is InChI=1S/C19H12.Y/c1-2-6-14(7-3-1)15-10-11-19-17(12-15)13-16-8-4-5-9-18(16)19;/h1-6,8-11H,13H2;/q-2;. The Labute approximate surface area is 144 Å². The second-order valence-electron chi connectivity index (χ2n) is 4.87. The van der Waals surface area contributed by atoms with Crippen molar-refractivity contribution in [2.24, 2.45) is 0 Å². The molecule has 0 spiro atoms. The van der Waals surface area contributed by atoms with Crippen molar-refractivity contribution in [3.63, 3.8) is 0 Å². The topological polar surface area (TPSA) is 0 Å². The molecule has 0 saturated carbocycles. The summed E-state index contributed by atoms with van der Waals surface area (Å²) in [5.74, 6) is 0. The summed E-state index contributed by atoms with van der Waals surface area (Å²) in [5.41, 5.74) is 7.64. The summed E-state index contributed by atoms with van der Waals surface area (Å²) in [6, 6.07) is 27.9. The third-order valence-electron chi connectivity index (χ3n) is 3.70. The minimum atomic E-state index is 0. The number of hydrogen-bond donors (Lipinski definition) is 0. The summed E-state index contributed by atoms with van der Waals surface area (Å²) in [6.07, 6.45) is 0.992. The van der Waals surface area contributed by atoms with Crippen LogP contribution in [0, 0.1) is 12.1 Å². The molecule has 0 N–H and O–H groups in total. The van der Waals surface area contributed by atoms with E-state index in [0.29, 0.717) is 0 Å². The van der Waals surface area contributed by atoms with Crippen LogP contribution in [-0.2, 0) is 39.1 Å². The third kappa shape index (κ3) is 2.28. The van der Waals surface area contributed by atoms with Crippen LogP contribution in [0.25, 0.3) is 22.3 Å². The fourth-order valence-corrected chi connectivity index (χ4v) is 2.78. The van der Waals surface area contributed by atoms with Gasteiger partial charge in [0.15, 0.2) is 0 Å². The number of hydrogen-bond acceptors (Lipinski definition) is 0. The Balaban J connectivity index is 0.00000121. The van der Waals surface area contributed by atoms with Crippen LogP contribution < -0.4 is 0 Å². The molecule has 93 valence electrons. The van der Waals surface area contributed by atoms with Crippen LogP contribution in [0.5, 0.6) is 0 Å².